The van der Waals surface area contributed by atoms with Crippen LogP contribution in [0.5, 0.6) is 0 Å². The molecule has 22 heavy (non-hydrogen) atoms. The molecule has 0 bridgehead atoms. The van der Waals surface area contributed by atoms with Gasteiger partial charge in [-0.25, -0.2) is 0 Å². The largest absolute Gasteiger partial charge is 0.253 e. The zero-order valence-electron chi connectivity index (χ0n) is 13.4. The highest BCUT2D eigenvalue weighted by molar-refractivity contribution is 5.74. The Bertz CT molecular complexity index is 759. The summed E-state index contributed by atoms with van der Waals surface area (Å²) >= 11 is 0. The van der Waals surface area contributed by atoms with Crippen molar-refractivity contribution in [3.8, 4) is 22.4 Å². The Morgan fingerprint density at radius 1 is 0.773 bits per heavy atom. The van der Waals surface area contributed by atoms with Crippen molar-refractivity contribution >= 4 is 0 Å². The molecule has 0 fully saturated rings. The van der Waals surface area contributed by atoms with E-state index in [9.17, 15) is 0 Å². The first-order valence-electron chi connectivity index (χ1n) is 7.79. The quantitative estimate of drug-likeness (QED) is 0.589. The highest BCUT2D eigenvalue weighted by atomic mass is 14.7. The molecule has 2 aromatic carbocycles. The monoisotopic (exact) mass is 287 g/mol. The third kappa shape index (κ3) is 2.80. The first kappa shape index (κ1) is 14.5. The van der Waals surface area contributed by atoms with Crippen LogP contribution in [-0.4, -0.2) is 4.98 Å². The number of aryl methyl sites for hydroxylation is 1. The molecule has 0 saturated carbocycles. The summed E-state index contributed by atoms with van der Waals surface area (Å²) in [4.78, 5) is 4.85. The highest BCUT2D eigenvalue weighted by Crippen LogP contribution is 2.34. The Kier molecular flexibility index (Phi) is 4.06. The fourth-order valence-electron chi connectivity index (χ4n) is 3.02. The predicted molar refractivity (Wildman–Crippen MR) is 93.9 cm³/mol. The smallest absolute Gasteiger partial charge is 0.0711 e. The molecule has 0 aliphatic rings. The summed E-state index contributed by atoms with van der Waals surface area (Å²) in [7, 11) is 0. The van der Waals surface area contributed by atoms with Crippen LogP contribution >= 0.6 is 0 Å². The lowest BCUT2D eigenvalue weighted by atomic mass is 9.90. The second-order valence-corrected chi connectivity index (χ2v) is 5.94. The van der Waals surface area contributed by atoms with Crippen molar-refractivity contribution in [2.24, 2.45) is 0 Å². The first-order chi connectivity index (χ1) is 10.7. The lowest BCUT2D eigenvalue weighted by Gasteiger charge is -2.17. The molecule has 0 spiro atoms. The molecule has 0 N–H and O–H groups in total. The third-order valence-corrected chi connectivity index (χ3v) is 3.98. The Morgan fingerprint density at radius 2 is 1.32 bits per heavy atom. The summed E-state index contributed by atoms with van der Waals surface area (Å²) in [6.07, 6.45) is 0. The zero-order valence-corrected chi connectivity index (χ0v) is 13.4. The molecule has 0 radical (unpaired) electrons. The predicted octanol–water partition coefficient (Wildman–Crippen LogP) is 5.85. The number of pyridine rings is 1. The summed E-state index contributed by atoms with van der Waals surface area (Å²) in [5.74, 6) is 0.451. The number of hydrogen-bond acceptors (Lipinski definition) is 1. The van der Waals surface area contributed by atoms with Crippen LogP contribution in [0.3, 0.4) is 0 Å². The number of hydrogen-bond donors (Lipinski definition) is 0. The average molecular weight is 287 g/mol. The van der Waals surface area contributed by atoms with Gasteiger partial charge in [-0.05, 0) is 35.6 Å². The highest BCUT2D eigenvalue weighted by Gasteiger charge is 2.15. The van der Waals surface area contributed by atoms with Gasteiger partial charge >= 0.3 is 0 Å². The van der Waals surface area contributed by atoms with Gasteiger partial charge in [-0.3, -0.25) is 4.98 Å². The van der Waals surface area contributed by atoms with Crippen molar-refractivity contribution in [3.63, 3.8) is 0 Å². The van der Waals surface area contributed by atoms with Crippen molar-refractivity contribution in [1.82, 2.24) is 4.98 Å². The molecule has 0 unspecified atom stereocenters. The third-order valence-electron chi connectivity index (χ3n) is 3.98. The van der Waals surface area contributed by atoms with Crippen LogP contribution in [0.2, 0.25) is 0 Å². The fraction of sp³-hybridized carbons (Fsp3) is 0.190. The molecule has 1 heterocycles. The van der Waals surface area contributed by atoms with Crippen molar-refractivity contribution in [3.05, 3.63) is 78.0 Å². The Morgan fingerprint density at radius 3 is 1.86 bits per heavy atom. The normalized spacial score (nSPS) is 10.9. The van der Waals surface area contributed by atoms with E-state index in [4.69, 9.17) is 4.98 Å². The second kappa shape index (κ2) is 6.15. The molecular weight excluding hydrogens is 266 g/mol. The summed E-state index contributed by atoms with van der Waals surface area (Å²) in [5.41, 5.74) is 7.22. The van der Waals surface area contributed by atoms with E-state index < -0.39 is 0 Å². The van der Waals surface area contributed by atoms with Crippen LogP contribution in [0.25, 0.3) is 22.4 Å². The number of rotatable bonds is 3. The molecular formula is C21H21N. The van der Waals surface area contributed by atoms with E-state index in [1.165, 1.54) is 16.7 Å². The van der Waals surface area contributed by atoms with E-state index in [0.717, 1.165) is 17.0 Å². The van der Waals surface area contributed by atoms with Gasteiger partial charge in [0, 0.05) is 11.3 Å². The zero-order chi connectivity index (χ0) is 15.5. The summed E-state index contributed by atoms with van der Waals surface area (Å²) in [6.45, 7) is 6.59. The number of aromatic nitrogens is 1. The van der Waals surface area contributed by atoms with Gasteiger partial charge in [0.1, 0.15) is 0 Å². The maximum Gasteiger partial charge on any atom is 0.0711 e. The van der Waals surface area contributed by atoms with Crippen molar-refractivity contribution < 1.29 is 0 Å². The first-order valence-corrected chi connectivity index (χ1v) is 7.79. The molecule has 1 heteroatoms. The van der Waals surface area contributed by atoms with E-state index in [1.54, 1.807) is 0 Å². The van der Waals surface area contributed by atoms with Gasteiger partial charge in [0.05, 0.1) is 5.69 Å². The van der Waals surface area contributed by atoms with Crippen LogP contribution in [-0.2, 0) is 0 Å². The topological polar surface area (TPSA) is 12.9 Å². The molecule has 0 aliphatic heterocycles. The van der Waals surface area contributed by atoms with E-state index in [0.29, 0.717) is 5.92 Å². The van der Waals surface area contributed by atoms with Crippen LogP contribution in [0, 0.1) is 6.92 Å². The van der Waals surface area contributed by atoms with Crippen molar-refractivity contribution in [2.45, 2.75) is 26.7 Å². The van der Waals surface area contributed by atoms with E-state index in [1.807, 2.05) is 6.07 Å². The maximum absolute atomic E-state index is 4.85. The molecule has 110 valence electrons. The second-order valence-electron chi connectivity index (χ2n) is 5.94. The Hall–Kier alpha value is -2.41. The lowest BCUT2D eigenvalue weighted by Crippen LogP contribution is -2.01. The summed E-state index contributed by atoms with van der Waals surface area (Å²) in [6, 6.07) is 23.2. The number of benzene rings is 2. The van der Waals surface area contributed by atoms with E-state index in [2.05, 4.69) is 81.4 Å². The molecule has 0 amide bonds. The molecule has 3 rings (SSSR count). The van der Waals surface area contributed by atoms with Gasteiger partial charge in [0.2, 0.25) is 0 Å². The molecule has 0 saturated heterocycles. The number of nitrogens with zero attached hydrogens (tertiary/aromatic N) is 1. The average Bonchev–Trinajstić information content (AvgIpc) is 2.55. The minimum Gasteiger partial charge on any atom is -0.253 e. The summed E-state index contributed by atoms with van der Waals surface area (Å²) < 4.78 is 0. The fourth-order valence-corrected chi connectivity index (χ4v) is 3.02. The van der Waals surface area contributed by atoms with Crippen molar-refractivity contribution in [2.75, 3.05) is 0 Å². The molecule has 0 aliphatic carbocycles. The van der Waals surface area contributed by atoms with Gasteiger partial charge in [0.25, 0.3) is 0 Å². The molecule has 1 nitrogen and oxygen atoms in total. The molecule has 0 atom stereocenters. The van der Waals surface area contributed by atoms with Crippen LogP contribution < -0.4 is 0 Å². The standard InChI is InChI=1S/C21H21N/c1-15(2)21-16(3)22-20(18-12-8-5-9-13-18)14-19(21)17-10-6-4-7-11-17/h4-15H,1-3H3. The van der Waals surface area contributed by atoms with Crippen LogP contribution in [0.4, 0.5) is 0 Å². The van der Waals surface area contributed by atoms with E-state index in [-0.39, 0.29) is 0 Å². The van der Waals surface area contributed by atoms with Crippen LogP contribution in [0.15, 0.2) is 66.7 Å². The summed E-state index contributed by atoms with van der Waals surface area (Å²) in [5, 5.41) is 0. The van der Waals surface area contributed by atoms with Gasteiger partial charge in [-0.2, -0.15) is 0 Å². The SMILES string of the molecule is Cc1nc(-c2ccccc2)cc(-c2ccccc2)c1C(C)C. The molecule has 1 aromatic heterocycles. The van der Waals surface area contributed by atoms with Gasteiger partial charge in [-0.15, -0.1) is 0 Å². The Balaban J connectivity index is 2.24. The van der Waals surface area contributed by atoms with Gasteiger partial charge in [0.15, 0.2) is 0 Å². The van der Waals surface area contributed by atoms with Crippen LogP contribution in [0.1, 0.15) is 31.0 Å². The maximum atomic E-state index is 4.85. The minimum atomic E-state index is 0.451. The molecule has 3 aromatic rings. The van der Waals surface area contributed by atoms with Crippen molar-refractivity contribution in [1.29, 1.82) is 0 Å². The van der Waals surface area contributed by atoms with Gasteiger partial charge < -0.3 is 0 Å². The lowest BCUT2D eigenvalue weighted by molar-refractivity contribution is 0.846. The Labute approximate surface area is 132 Å². The van der Waals surface area contributed by atoms with Gasteiger partial charge in [-0.1, -0.05) is 74.5 Å². The van der Waals surface area contributed by atoms with E-state index >= 15 is 0 Å². The minimum absolute atomic E-state index is 0.451.